The first-order valence-corrected chi connectivity index (χ1v) is 5.32. The van der Waals surface area contributed by atoms with Crippen LogP contribution in [0.4, 0.5) is 0 Å². The van der Waals surface area contributed by atoms with Crippen molar-refractivity contribution in [1.29, 1.82) is 0 Å². The van der Waals surface area contributed by atoms with Gasteiger partial charge in [-0.2, -0.15) is 0 Å². The third kappa shape index (κ3) is 3.65. The van der Waals surface area contributed by atoms with Crippen LogP contribution >= 0.6 is 0 Å². The van der Waals surface area contributed by atoms with Crippen LogP contribution in [0.5, 0.6) is 0 Å². The highest BCUT2D eigenvalue weighted by Crippen LogP contribution is 2.23. The summed E-state index contributed by atoms with van der Waals surface area (Å²) in [5.74, 6) is 0.693. The van der Waals surface area contributed by atoms with Gasteiger partial charge in [0.05, 0.1) is 6.10 Å². The molecule has 1 aliphatic heterocycles. The van der Waals surface area contributed by atoms with Gasteiger partial charge in [0.25, 0.3) is 0 Å². The van der Waals surface area contributed by atoms with Crippen molar-refractivity contribution in [2.75, 3.05) is 0 Å². The van der Waals surface area contributed by atoms with E-state index in [1.54, 1.807) is 0 Å². The predicted octanol–water partition coefficient (Wildman–Crippen LogP) is 2.54. The maximum atomic E-state index is 5.82. The van der Waals surface area contributed by atoms with Gasteiger partial charge < -0.3 is 4.74 Å². The lowest BCUT2D eigenvalue weighted by Gasteiger charge is -2.41. The second-order valence-electron chi connectivity index (χ2n) is 5.30. The molecule has 1 fully saturated rings. The van der Waals surface area contributed by atoms with Crippen molar-refractivity contribution in [3.63, 3.8) is 0 Å². The van der Waals surface area contributed by atoms with Gasteiger partial charge in [-0.05, 0) is 39.5 Å². The first-order chi connectivity index (χ1) is 5.89. The molecule has 13 heavy (non-hydrogen) atoms. The summed E-state index contributed by atoms with van der Waals surface area (Å²) in [6.07, 6.45) is 2.84. The van der Waals surface area contributed by atoms with E-state index in [0.717, 1.165) is 12.8 Å². The summed E-state index contributed by atoms with van der Waals surface area (Å²) in [6.45, 7) is 11.1. The maximum Gasteiger partial charge on any atom is 0.109 e. The second kappa shape index (κ2) is 3.97. The number of rotatable bonds is 2. The van der Waals surface area contributed by atoms with E-state index < -0.39 is 0 Å². The average Bonchev–Trinajstić information content (AvgIpc) is 1.78. The maximum absolute atomic E-state index is 5.82. The fraction of sp³-hybridized carbons (Fsp3) is 1.00. The van der Waals surface area contributed by atoms with Crippen LogP contribution in [0, 0.1) is 5.92 Å². The van der Waals surface area contributed by atoms with Gasteiger partial charge in [0.2, 0.25) is 0 Å². The highest BCUT2D eigenvalue weighted by atomic mass is 16.5. The Morgan fingerprint density at radius 1 is 1.46 bits per heavy atom. The minimum atomic E-state index is 0.233. The zero-order valence-electron chi connectivity index (χ0n) is 9.55. The number of nitrogens with one attached hydrogen (secondary N) is 1. The van der Waals surface area contributed by atoms with Crippen molar-refractivity contribution in [1.82, 2.24) is 5.32 Å². The molecule has 2 unspecified atom stereocenters. The molecule has 0 aromatic carbocycles. The molecule has 0 radical (unpaired) electrons. The molecule has 0 saturated carbocycles. The lowest BCUT2D eigenvalue weighted by Crippen LogP contribution is -2.55. The van der Waals surface area contributed by atoms with Crippen LogP contribution in [0.1, 0.15) is 47.5 Å². The highest BCUT2D eigenvalue weighted by molar-refractivity contribution is 4.86. The Bertz CT molecular complexity index is 163. The quantitative estimate of drug-likeness (QED) is 0.714. The summed E-state index contributed by atoms with van der Waals surface area (Å²) in [6, 6.07) is 0. The van der Waals surface area contributed by atoms with E-state index in [1.807, 2.05) is 0 Å². The Labute approximate surface area is 82.0 Å². The molecule has 1 aliphatic rings. The van der Waals surface area contributed by atoms with Crippen LogP contribution in [-0.2, 0) is 4.74 Å². The van der Waals surface area contributed by atoms with Gasteiger partial charge in [-0.15, -0.1) is 0 Å². The third-order valence-electron chi connectivity index (χ3n) is 2.43. The van der Waals surface area contributed by atoms with E-state index in [9.17, 15) is 0 Å². The summed E-state index contributed by atoms with van der Waals surface area (Å²) in [4.78, 5) is 0. The normalized spacial score (nSPS) is 33.7. The average molecular weight is 185 g/mol. The van der Waals surface area contributed by atoms with E-state index in [2.05, 4.69) is 39.9 Å². The lowest BCUT2D eigenvalue weighted by atomic mass is 9.94. The topological polar surface area (TPSA) is 21.3 Å². The lowest BCUT2D eigenvalue weighted by molar-refractivity contribution is -0.0944. The fourth-order valence-electron chi connectivity index (χ4n) is 2.12. The summed E-state index contributed by atoms with van der Waals surface area (Å²) < 4.78 is 5.82. The van der Waals surface area contributed by atoms with Crippen LogP contribution in [0.25, 0.3) is 0 Å². The van der Waals surface area contributed by atoms with E-state index in [0.29, 0.717) is 12.0 Å². The van der Waals surface area contributed by atoms with Crippen molar-refractivity contribution in [2.45, 2.75) is 65.3 Å². The Morgan fingerprint density at radius 3 is 2.54 bits per heavy atom. The van der Waals surface area contributed by atoms with Crippen LogP contribution in [-0.4, -0.2) is 17.9 Å². The van der Waals surface area contributed by atoms with Crippen molar-refractivity contribution < 1.29 is 4.74 Å². The molecule has 1 rings (SSSR count). The van der Waals surface area contributed by atoms with E-state index in [4.69, 9.17) is 4.74 Å². The van der Waals surface area contributed by atoms with Gasteiger partial charge in [-0.3, -0.25) is 5.32 Å². The van der Waals surface area contributed by atoms with Gasteiger partial charge in [0.15, 0.2) is 0 Å². The standard InChI is InChI=1S/C11H23NO/c1-8(2)6-10-12-11(4,5)7-9(3)13-10/h8-10,12H,6-7H2,1-5H3. The summed E-state index contributed by atoms with van der Waals surface area (Å²) in [7, 11) is 0. The summed E-state index contributed by atoms with van der Waals surface area (Å²) in [5.41, 5.74) is 0.233. The van der Waals surface area contributed by atoms with Crippen molar-refractivity contribution in [3.8, 4) is 0 Å². The Kier molecular flexibility index (Phi) is 3.36. The molecular formula is C11H23NO. The van der Waals surface area contributed by atoms with Gasteiger partial charge in [-0.1, -0.05) is 13.8 Å². The molecule has 0 spiro atoms. The molecule has 2 heteroatoms. The molecule has 0 aliphatic carbocycles. The van der Waals surface area contributed by atoms with E-state index in [1.165, 1.54) is 0 Å². The van der Waals surface area contributed by atoms with Gasteiger partial charge in [0.1, 0.15) is 6.23 Å². The summed E-state index contributed by atoms with van der Waals surface area (Å²) in [5, 5.41) is 3.53. The third-order valence-corrected chi connectivity index (χ3v) is 2.43. The van der Waals surface area contributed by atoms with Crippen LogP contribution in [0.2, 0.25) is 0 Å². The van der Waals surface area contributed by atoms with Gasteiger partial charge in [-0.25, -0.2) is 0 Å². The van der Waals surface area contributed by atoms with Crippen molar-refractivity contribution in [2.24, 2.45) is 5.92 Å². The van der Waals surface area contributed by atoms with Crippen molar-refractivity contribution in [3.05, 3.63) is 0 Å². The largest absolute Gasteiger partial charge is 0.360 e. The fourth-order valence-corrected chi connectivity index (χ4v) is 2.12. The molecule has 1 saturated heterocycles. The smallest absolute Gasteiger partial charge is 0.109 e. The monoisotopic (exact) mass is 185 g/mol. The Hall–Kier alpha value is -0.0800. The summed E-state index contributed by atoms with van der Waals surface area (Å²) >= 11 is 0. The first kappa shape index (κ1) is 11.0. The molecule has 78 valence electrons. The van der Waals surface area contributed by atoms with E-state index >= 15 is 0 Å². The molecule has 0 bridgehead atoms. The zero-order valence-corrected chi connectivity index (χ0v) is 9.55. The van der Waals surface area contributed by atoms with Crippen molar-refractivity contribution >= 4 is 0 Å². The van der Waals surface area contributed by atoms with Gasteiger partial charge in [0, 0.05) is 5.54 Å². The van der Waals surface area contributed by atoms with Crippen LogP contribution in [0.15, 0.2) is 0 Å². The molecular weight excluding hydrogens is 162 g/mol. The SMILES string of the molecule is CC(C)CC1NC(C)(C)CC(C)O1. The molecule has 2 atom stereocenters. The van der Waals surface area contributed by atoms with Crippen LogP contribution in [0.3, 0.4) is 0 Å². The molecule has 0 aromatic rings. The molecule has 1 N–H and O–H groups in total. The van der Waals surface area contributed by atoms with E-state index in [-0.39, 0.29) is 11.8 Å². The number of ether oxygens (including phenoxy) is 1. The Morgan fingerprint density at radius 2 is 2.08 bits per heavy atom. The molecule has 1 heterocycles. The zero-order chi connectivity index (χ0) is 10.1. The van der Waals surface area contributed by atoms with Crippen LogP contribution < -0.4 is 5.32 Å². The highest BCUT2D eigenvalue weighted by Gasteiger charge is 2.31. The molecule has 0 amide bonds. The molecule has 2 nitrogen and oxygen atoms in total. The number of hydrogen-bond acceptors (Lipinski definition) is 2. The van der Waals surface area contributed by atoms with Gasteiger partial charge >= 0.3 is 0 Å². The second-order valence-corrected chi connectivity index (χ2v) is 5.30. The Balaban J connectivity index is 2.48. The minimum Gasteiger partial charge on any atom is -0.360 e. The number of hydrogen-bond donors (Lipinski definition) is 1. The minimum absolute atomic E-state index is 0.233. The predicted molar refractivity (Wildman–Crippen MR) is 55.6 cm³/mol. The first-order valence-electron chi connectivity index (χ1n) is 5.32. The molecule has 0 aromatic heterocycles.